The maximum atomic E-state index is 12.1. The summed E-state index contributed by atoms with van der Waals surface area (Å²) in [5.74, 6) is -0.0118. The first kappa shape index (κ1) is 14.4. The molecule has 0 aromatic heterocycles. The van der Waals surface area contributed by atoms with Gasteiger partial charge < -0.3 is 10.6 Å². The quantitative estimate of drug-likeness (QED) is 0.727. The minimum absolute atomic E-state index is 0.00592. The zero-order chi connectivity index (χ0) is 12.9. The molecule has 5 nitrogen and oxygen atoms in total. The number of hydrogen-bond acceptors (Lipinski definition) is 4. The Morgan fingerprint density at radius 1 is 1.47 bits per heavy atom. The van der Waals surface area contributed by atoms with Crippen molar-refractivity contribution in [2.75, 3.05) is 31.6 Å². The molecule has 0 aromatic rings. The summed E-state index contributed by atoms with van der Waals surface area (Å²) < 4.78 is 21.9. The van der Waals surface area contributed by atoms with E-state index in [0.717, 1.165) is 25.8 Å². The largest absolute Gasteiger partial charge is 0.355 e. The van der Waals surface area contributed by atoms with Crippen molar-refractivity contribution >= 4 is 15.7 Å². The second kappa shape index (κ2) is 5.82. The molecule has 1 aliphatic heterocycles. The third-order valence-corrected chi connectivity index (χ3v) is 4.33. The molecule has 1 heterocycles. The number of sulfone groups is 1. The first-order valence-corrected chi connectivity index (χ1v) is 8.12. The van der Waals surface area contributed by atoms with Crippen LogP contribution in [0.5, 0.6) is 0 Å². The lowest BCUT2D eigenvalue weighted by Crippen LogP contribution is -2.50. The lowest BCUT2D eigenvalue weighted by molar-refractivity contribution is -0.132. The maximum absolute atomic E-state index is 12.1. The van der Waals surface area contributed by atoms with Crippen LogP contribution in [-0.2, 0) is 14.6 Å². The van der Waals surface area contributed by atoms with E-state index in [1.807, 2.05) is 6.92 Å². The topological polar surface area (TPSA) is 75.3 Å². The molecule has 1 atom stereocenters. The molecule has 0 aromatic carbocycles. The van der Waals surface area contributed by atoms with Crippen LogP contribution in [0.1, 0.15) is 26.2 Å². The van der Waals surface area contributed by atoms with Crippen LogP contribution in [0.2, 0.25) is 0 Å². The molecule has 0 saturated carbocycles. The maximum Gasteiger partial charge on any atom is 0.227 e. The van der Waals surface area contributed by atoms with Gasteiger partial charge in [-0.05, 0) is 25.8 Å². The van der Waals surface area contributed by atoms with E-state index in [1.165, 1.54) is 6.26 Å². The monoisotopic (exact) mass is 262 g/mol. The number of carbonyl (C=O) groups is 1. The van der Waals surface area contributed by atoms with Crippen LogP contribution in [0.25, 0.3) is 0 Å². The number of nitrogens with one attached hydrogen (secondary N) is 2. The van der Waals surface area contributed by atoms with Gasteiger partial charge in [-0.3, -0.25) is 4.79 Å². The Bertz CT molecular complexity index is 359. The van der Waals surface area contributed by atoms with Crippen LogP contribution in [0.3, 0.4) is 0 Å². The molecule has 0 radical (unpaired) electrons. The van der Waals surface area contributed by atoms with E-state index in [-0.39, 0.29) is 23.6 Å². The van der Waals surface area contributed by atoms with E-state index in [9.17, 15) is 13.2 Å². The van der Waals surface area contributed by atoms with E-state index in [0.29, 0.717) is 6.54 Å². The molecule has 1 fully saturated rings. The van der Waals surface area contributed by atoms with Gasteiger partial charge in [0.05, 0.1) is 11.2 Å². The highest BCUT2D eigenvalue weighted by atomic mass is 32.2. The Balaban J connectivity index is 2.49. The normalized spacial score (nSPS) is 25.5. The van der Waals surface area contributed by atoms with E-state index >= 15 is 0 Å². The Morgan fingerprint density at radius 2 is 2.18 bits per heavy atom. The fraction of sp³-hybridized carbons (Fsp3) is 0.909. The molecule has 17 heavy (non-hydrogen) atoms. The van der Waals surface area contributed by atoms with Crippen LogP contribution in [0, 0.1) is 5.41 Å². The van der Waals surface area contributed by atoms with Crippen LogP contribution in [0.15, 0.2) is 0 Å². The molecule has 2 N–H and O–H groups in total. The van der Waals surface area contributed by atoms with Crippen LogP contribution >= 0.6 is 0 Å². The lowest BCUT2D eigenvalue weighted by Gasteiger charge is -2.35. The molecular weight excluding hydrogens is 240 g/mol. The molecule has 0 bridgehead atoms. The van der Waals surface area contributed by atoms with Gasteiger partial charge >= 0.3 is 0 Å². The van der Waals surface area contributed by atoms with Gasteiger partial charge in [-0.1, -0.05) is 6.92 Å². The number of hydrogen-bond donors (Lipinski definition) is 2. The summed E-state index contributed by atoms with van der Waals surface area (Å²) in [6.07, 6.45) is 3.83. The Morgan fingerprint density at radius 3 is 2.65 bits per heavy atom. The van der Waals surface area contributed by atoms with Crippen LogP contribution < -0.4 is 10.6 Å². The SMILES string of the molecule is CCC1(C(=O)NCCS(C)(=O)=O)CCCNC1. The predicted molar refractivity (Wildman–Crippen MR) is 67.5 cm³/mol. The summed E-state index contributed by atoms with van der Waals surface area (Å²) in [6.45, 7) is 3.86. The first-order chi connectivity index (χ1) is 7.90. The van der Waals surface area contributed by atoms with Gasteiger partial charge in [-0.2, -0.15) is 0 Å². The summed E-state index contributed by atoms with van der Waals surface area (Å²) >= 11 is 0. The molecule has 1 aliphatic rings. The molecular formula is C11H22N2O3S. The van der Waals surface area contributed by atoms with Crippen molar-refractivity contribution in [3.05, 3.63) is 0 Å². The van der Waals surface area contributed by atoms with Gasteiger partial charge in [0.2, 0.25) is 5.91 Å². The molecule has 1 rings (SSSR count). The van der Waals surface area contributed by atoms with E-state index in [1.54, 1.807) is 0 Å². The zero-order valence-electron chi connectivity index (χ0n) is 10.6. The molecule has 1 amide bonds. The van der Waals surface area contributed by atoms with Gasteiger partial charge in [0.25, 0.3) is 0 Å². The Labute approximate surface area is 103 Å². The van der Waals surface area contributed by atoms with Crippen molar-refractivity contribution in [2.45, 2.75) is 26.2 Å². The third-order valence-electron chi connectivity index (χ3n) is 3.39. The Kier molecular flexibility index (Phi) is 4.94. The highest BCUT2D eigenvalue weighted by Gasteiger charge is 2.37. The number of rotatable bonds is 5. The first-order valence-electron chi connectivity index (χ1n) is 6.06. The van der Waals surface area contributed by atoms with Gasteiger partial charge in [0, 0.05) is 19.3 Å². The van der Waals surface area contributed by atoms with Crippen molar-refractivity contribution in [2.24, 2.45) is 5.41 Å². The summed E-state index contributed by atoms with van der Waals surface area (Å²) in [6, 6.07) is 0. The lowest BCUT2D eigenvalue weighted by atomic mass is 9.77. The van der Waals surface area contributed by atoms with Gasteiger partial charge in [0.15, 0.2) is 0 Å². The van der Waals surface area contributed by atoms with Gasteiger partial charge in [-0.25, -0.2) is 8.42 Å². The minimum atomic E-state index is -3.01. The van der Waals surface area contributed by atoms with Crippen LogP contribution in [-0.4, -0.2) is 46.0 Å². The average Bonchev–Trinajstić information content (AvgIpc) is 2.28. The fourth-order valence-corrected chi connectivity index (χ4v) is 2.63. The van der Waals surface area contributed by atoms with Crippen molar-refractivity contribution in [1.29, 1.82) is 0 Å². The highest BCUT2D eigenvalue weighted by molar-refractivity contribution is 7.90. The number of amides is 1. The second-order valence-corrected chi connectivity index (χ2v) is 7.06. The number of carbonyl (C=O) groups excluding carboxylic acids is 1. The van der Waals surface area contributed by atoms with Crippen LogP contribution in [0.4, 0.5) is 0 Å². The van der Waals surface area contributed by atoms with Crippen molar-refractivity contribution in [3.8, 4) is 0 Å². The molecule has 1 saturated heterocycles. The van der Waals surface area contributed by atoms with E-state index in [4.69, 9.17) is 0 Å². The standard InChI is InChI=1S/C11H22N2O3S/c1-3-11(5-4-6-12-9-11)10(14)13-7-8-17(2,15)16/h12H,3-9H2,1-2H3,(H,13,14). The molecule has 0 spiro atoms. The predicted octanol–water partition coefficient (Wildman–Crippen LogP) is -0.0730. The average molecular weight is 262 g/mol. The fourth-order valence-electron chi connectivity index (χ4n) is 2.16. The van der Waals surface area contributed by atoms with Gasteiger partial charge in [0.1, 0.15) is 9.84 Å². The summed E-state index contributed by atoms with van der Waals surface area (Å²) in [7, 11) is -3.01. The third kappa shape index (κ3) is 4.27. The zero-order valence-corrected chi connectivity index (χ0v) is 11.4. The van der Waals surface area contributed by atoms with Crippen molar-refractivity contribution in [1.82, 2.24) is 10.6 Å². The molecule has 0 aliphatic carbocycles. The van der Waals surface area contributed by atoms with Crippen molar-refractivity contribution < 1.29 is 13.2 Å². The van der Waals surface area contributed by atoms with E-state index in [2.05, 4.69) is 10.6 Å². The van der Waals surface area contributed by atoms with E-state index < -0.39 is 9.84 Å². The summed E-state index contributed by atoms with van der Waals surface area (Å²) in [5.41, 5.74) is -0.351. The minimum Gasteiger partial charge on any atom is -0.355 e. The molecule has 6 heteroatoms. The Hall–Kier alpha value is -0.620. The van der Waals surface area contributed by atoms with Gasteiger partial charge in [-0.15, -0.1) is 0 Å². The highest BCUT2D eigenvalue weighted by Crippen LogP contribution is 2.29. The second-order valence-electron chi connectivity index (χ2n) is 4.80. The molecule has 100 valence electrons. The summed E-state index contributed by atoms with van der Waals surface area (Å²) in [5, 5.41) is 5.98. The summed E-state index contributed by atoms with van der Waals surface area (Å²) in [4.78, 5) is 12.1. The number of piperidine rings is 1. The molecule has 1 unspecified atom stereocenters. The smallest absolute Gasteiger partial charge is 0.227 e. The van der Waals surface area contributed by atoms with Crippen molar-refractivity contribution in [3.63, 3.8) is 0 Å².